The van der Waals surface area contributed by atoms with E-state index in [1.807, 2.05) is 43.3 Å². The van der Waals surface area contributed by atoms with E-state index >= 15 is 0 Å². The number of aliphatic imine (C=N–C) groups is 1. The van der Waals surface area contributed by atoms with Gasteiger partial charge in [0, 0.05) is 19.6 Å². The van der Waals surface area contributed by atoms with Crippen LogP contribution in [0.2, 0.25) is 0 Å². The van der Waals surface area contributed by atoms with Crippen molar-refractivity contribution >= 4 is 5.96 Å². The zero-order valence-electron chi connectivity index (χ0n) is 17.4. The molecule has 158 valence electrons. The van der Waals surface area contributed by atoms with Gasteiger partial charge in [0.2, 0.25) is 0 Å². The Morgan fingerprint density at radius 1 is 1.14 bits per heavy atom. The molecular formula is C22H32N4O3. The summed E-state index contributed by atoms with van der Waals surface area (Å²) in [6, 6.07) is 14.0. The molecule has 0 saturated carbocycles. The Labute approximate surface area is 173 Å². The SMILES string of the molecule is CCNC(=NCC(c1ccc(C)o1)N1CCOCC1)NCCOc1ccccc1. The number of rotatable bonds is 9. The van der Waals surface area contributed by atoms with E-state index in [4.69, 9.17) is 18.9 Å². The number of nitrogens with zero attached hydrogens (tertiary/aromatic N) is 2. The van der Waals surface area contributed by atoms with Gasteiger partial charge in [0.1, 0.15) is 23.9 Å². The minimum atomic E-state index is 0.101. The topological polar surface area (TPSA) is 71.3 Å². The van der Waals surface area contributed by atoms with Crippen molar-refractivity contribution in [3.8, 4) is 5.75 Å². The lowest BCUT2D eigenvalue weighted by Crippen LogP contribution is -2.42. The monoisotopic (exact) mass is 400 g/mol. The lowest BCUT2D eigenvalue weighted by Gasteiger charge is -2.32. The van der Waals surface area contributed by atoms with Crippen molar-refractivity contribution in [2.24, 2.45) is 4.99 Å². The quantitative estimate of drug-likeness (QED) is 0.383. The second-order valence-corrected chi connectivity index (χ2v) is 6.92. The lowest BCUT2D eigenvalue weighted by molar-refractivity contribution is 0.0135. The van der Waals surface area contributed by atoms with Gasteiger partial charge in [0.15, 0.2) is 5.96 Å². The molecule has 2 heterocycles. The van der Waals surface area contributed by atoms with Gasteiger partial charge < -0.3 is 24.5 Å². The fourth-order valence-electron chi connectivity index (χ4n) is 3.28. The second kappa shape index (κ2) is 11.5. The first kappa shape index (κ1) is 21.2. The maximum atomic E-state index is 5.93. The molecule has 1 unspecified atom stereocenters. The molecule has 0 radical (unpaired) electrons. The number of para-hydroxylation sites is 1. The van der Waals surface area contributed by atoms with Gasteiger partial charge in [-0.25, -0.2) is 0 Å². The highest BCUT2D eigenvalue weighted by molar-refractivity contribution is 5.79. The van der Waals surface area contributed by atoms with Crippen molar-refractivity contribution < 1.29 is 13.9 Å². The third kappa shape index (κ3) is 6.80. The van der Waals surface area contributed by atoms with Crippen LogP contribution in [-0.2, 0) is 4.74 Å². The number of aryl methyl sites for hydroxylation is 1. The highest BCUT2D eigenvalue weighted by Crippen LogP contribution is 2.24. The van der Waals surface area contributed by atoms with Crippen LogP contribution in [0.15, 0.2) is 51.9 Å². The normalized spacial score (nSPS) is 16.4. The minimum absolute atomic E-state index is 0.101. The van der Waals surface area contributed by atoms with Crippen LogP contribution in [0, 0.1) is 6.92 Å². The summed E-state index contributed by atoms with van der Waals surface area (Å²) < 4.78 is 17.2. The molecule has 0 amide bonds. The Morgan fingerprint density at radius 3 is 2.62 bits per heavy atom. The number of morpholine rings is 1. The summed E-state index contributed by atoms with van der Waals surface area (Å²) in [5, 5.41) is 6.65. The molecule has 2 aromatic rings. The van der Waals surface area contributed by atoms with E-state index in [2.05, 4.69) is 28.5 Å². The predicted molar refractivity (Wildman–Crippen MR) is 114 cm³/mol. The first-order valence-corrected chi connectivity index (χ1v) is 10.3. The summed E-state index contributed by atoms with van der Waals surface area (Å²) in [6.45, 7) is 9.94. The zero-order chi connectivity index (χ0) is 20.3. The third-order valence-electron chi connectivity index (χ3n) is 4.75. The van der Waals surface area contributed by atoms with Gasteiger partial charge in [0.05, 0.1) is 32.3 Å². The van der Waals surface area contributed by atoms with Crippen molar-refractivity contribution in [2.45, 2.75) is 19.9 Å². The second-order valence-electron chi connectivity index (χ2n) is 6.92. The highest BCUT2D eigenvalue weighted by atomic mass is 16.5. The molecule has 7 nitrogen and oxygen atoms in total. The maximum absolute atomic E-state index is 5.93. The van der Waals surface area contributed by atoms with Crippen LogP contribution in [0.25, 0.3) is 0 Å². The smallest absolute Gasteiger partial charge is 0.191 e. The number of nitrogens with one attached hydrogen (secondary N) is 2. The van der Waals surface area contributed by atoms with Crippen molar-refractivity contribution in [1.29, 1.82) is 0 Å². The standard InChI is InChI=1S/C22H32N4O3/c1-3-23-22(24-11-14-28-19-7-5-4-6-8-19)25-17-20(21-10-9-18(2)29-21)26-12-15-27-16-13-26/h4-10,20H,3,11-17H2,1-2H3,(H2,23,24,25). The van der Waals surface area contributed by atoms with Crippen molar-refractivity contribution in [2.75, 3.05) is 52.5 Å². The number of furan rings is 1. The molecule has 1 fully saturated rings. The van der Waals surface area contributed by atoms with Crippen molar-refractivity contribution in [3.63, 3.8) is 0 Å². The summed E-state index contributed by atoms with van der Waals surface area (Å²) >= 11 is 0. The molecule has 1 saturated heterocycles. The molecule has 0 aliphatic carbocycles. The number of guanidine groups is 1. The Morgan fingerprint density at radius 2 is 1.93 bits per heavy atom. The lowest BCUT2D eigenvalue weighted by atomic mass is 10.1. The van der Waals surface area contributed by atoms with Crippen LogP contribution in [-0.4, -0.2) is 63.4 Å². The molecule has 0 bridgehead atoms. The van der Waals surface area contributed by atoms with Gasteiger partial charge in [-0.15, -0.1) is 0 Å². The number of ether oxygens (including phenoxy) is 2. The zero-order valence-corrected chi connectivity index (χ0v) is 17.4. The summed E-state index contributed by atoms with van der Waals surface area (Å²) in [7, 11) is 0. The van der Waals surface area contributed by atoms with Crippen LogP contribution in [0.4, 0.5) is 0 Å². The fourth-order valence-corrected chi connectivity index (χ4v) is 3.28. The van der Waals surface area contributed by atoms with Gasteiger partial charge in [-0.1, -0.05) is 18.2 Å². The Bertz CT molecular complexity index is 742. The van der Waals surface area contributed by atoms with Crippen molar-refractivity contribution in [3.05, 3.63) is 54.0 Å². The largest absolute Gasteiger partial charge is 0.492 e. The van der Waals surface area contributed by atoms with Gasteiger partial charge >= 0.3 is 0 Å². The highest BCUT2D eigenvalue weighted by Gasteiger charge is 2.25. The molecule has 1 aliphatic rings. The van der Waals surface area contributed by atoms with E-state index in [-0.39, 0.29) is 6.04 Å². The minimum Gasteiger partial charge on any atom is -0.492 e. The Kier molecular flexibility index (Phi) is 8.40. The summed E-state index contributed by atoms with van der Waals surface area (Å²) in [5.41, 5.74) is 0. The van der Waals surface area contributed by atoms with Gasteiger partial charge in [-0.05, 0) is 38.1 Å². The average Bonchev–Trinajstić information content (AvgIpc) is 3.18. The van der Waals surface area contributed by atoms with Crippen LogP contribution in [0.5, 0.6) is 5.75 Å². The van der Waals surface area contributed by atoms with E-state index in [0.29, 0.717) is 19.7 Å². The molecule has 29 heavy (non-hydrogen) atoms. The number of hydrogen-bond donors (Lipinski definition) is 2. The number of benzene rings is 1. The van der Waals surface area contributed by atoms with Crippen LogP contribution < -0.4 is 15.4 Å². The summed E-state index contributed by atoms with van der Waals surface area (Å²) in [5.74, 6) is 3.53. The molecule has 1 aliphatic heterocycles. The molecule has 1 atom stereocenters. The van der Waals surface area contributed by atoms with E-state index in [1.165, 1.54) is 0 Å². The van der Waals surface area contributed by atoms with Crippen molar-refractivity contribution in [1.82, 2.24) is 15.5 Å². The molecule has 1 aromatic heterocycles. The van der Waals surface area contributed by atoms with E-state index in [0.717, 1.165) is 56.1 Å². The first-order chi connectivity index (χ1) is 14.3. The molecule has 3 rings (SSSR count). The molecule has 7 heteroatoms. The van der Waals surface area contributed by atoms with E-state index in [9.17, 15) is 0 Å². The molecular weight excluding hydrogens is 368 g/mol. The van der Waals surface area contributed by atoms with Crippen LogP contribution in [0.1, 0.15) is 24.5 Å². The van der Waals surface area contributed by atoms with Crippen LogP contribution >= 0.6 is 0 Å². The number of hydrogen-bond acceptors (Lipinski definition) is 5. The van der Waals surface area contributed by atoms with Crippen LogP contribution in [0.3, 0.4) is 0 Å². The van der Waals surface area contributed by atoms with Gasteiger partial charge in [-0.2, -0.15) is 0 Å². The molecule has 0 spiro atoms. The fraction of sp³-hybridized carbons (Fsp3) is 0.500. The Balaban J connectivity index is 1.57. The van der Waals surface area contributed by atoms with Gasteiger partial charge in [0.25, 0.3) is 0 Å². The van der Waals surface area contributed by atoms with Gasteiger partial charge in [-0.3, -0.25) is 9.89 Å². The first-order valence-electron chi connectivity index (χ1n) is 10.3. The summed E-state index contributed by atoms with van der Waals surface area (Å²) in [4.78, 5) is 7.20. The molecule has 1 aromatic carbocycles. The summed E-state index contributed by atoms with van der Waals surface area (Å²) in [6.07, 6.45) is 0. The maximum Gasteiger partial charge on any atom is 0.191 e. The third-order valence-corrected chi connectivity index (χ3v) is 4.75. The Hall–Kier alpha value is -2.51. The van der Waals surface area contributed by atoms with E-state index < -0.39 is 0 Å². The average molecular weight is 401 g/mol. The molecule has 2 N–H and O–H groups in total. The van der Waals surface area contributed by atoms with E-state index in [1.54, 1.807) is 0 Å². The predicted octanol–water partition coefficient (Wildman–Crippen LogP) is 2.60.